The van der Waals surface area contributed by atoms with Crippen molar-refractivity contribution in [3.05, 3.63) is 80.1 Å². The summed E-state index contributed by atoms with van der Waals surface area (Å²) in [6.07, 6.45) is 0. The van der Waals surface area contributed by atoms with Gasteiger partial charge in [-0.2, -0.15) is 0 Å². The minimum atomic E-state index is -0.721. The molecule has 0 unspecified atom stereocenters. The number of hydrogen-bond donors (Lipinski definition) is 0. The fourth-order valence-corrected chi connectivity index (χ4v) is 3.10. The van der Waals surface area contributed by atoms with E-state index in [0.29, 0.717) is 10.7 Å². The van der Waals surface area contributed by atoms with E-state index >= 15 is 0 Å². The van der Waals surface area contributed by atoms with E-state index in [9.17, 15) is 19.3 Å². The fourth-order valence-electron chi connectivity index (χ4n) is 2.10. The summed E-state index contributed by atoms with van der Waals surface area (Å²) in [7, 11) is 0. The zero-order chi connectivity index (χ0) is 18.7. The SMILES string of the molecule is O=C(OCc1csc(-c2ccc(F)cc2)n1)c1ccc(Cl)c([N+](=O)[O-])c1. The predicted octanol–water partition coefficient (Wildman–Crippen LogP) is 4.87. The van der Waals surface area contributed by atoms with Crippen LogP contribution in [-0.2, 0) is 11.3 Å². The lowest BCUT2D eigenvalue weighted by molar-refractivity contribution is -0.384. The minimum Gasteiger partial charge on any atom is -0.456 e. The molecule has 9 heteroatoms. The second-order valence-electron chi connectivity index (χ2n) is 5.15. The molecule has 0 spiro atoms. The molecular weight excluding hydrogens is 383 g/mol. The molecule has 0 aliphatic carbocycles. The average Bonchev–Trinajstić information content (AvgIpc) is 3.09. The first-order chi connectivity index (χ1) is 12.4. The molecule has 132 valence electrons. The van der Waals surface area contributed by atoms with E-state index in [4.69, 9.17) is 16.3 Å². The molecule has 26 heavy (non-hydrogen) atoms. The van der Waals surface area contributed by atoms with Gasteiger partial charge < -0.3 is 4.74 Å². The summed E-state index contributed by atoms with van der Waals surface area (Å²) < 4.78 is 18.1. The van der Waals surface area contributed by atoms with Crippen LogP contribution in [0.3, 0.4) is 0 Å². The molecule has 3 aromatic rings. The lowest BCUT2D eigenvalue weighted by Crippen LogP contribution is -2.06. The van der Waals surface area contributed by atoms with Crippen LogP contribution in [0.4, 0.5) is 10.1 Å². The van der Waals surface area contributed by atoms with Crippen molar-refractivity contribution in [3.63, 3.8) is 0 Å². The molecule has 0 saturated carbocycles. The number of thiazole rings is 1. The largest absolute Gasteiger partial charge is 0.456 e. The van der Waals surface area contributed by atoms with Crippen LogP contribution < -0.4 is 0 Å². The molecule has 3 rings (SSSR count). The number of rotatable bonds is 5. The molecule has 0 aliphatic rings. The highest BCUT2D eigenvalue weighted by atomic mass is 35.5. The van der Waals surface area contributed by atoms with Crippen LogP contribution in [0, 0.1) is 15.9 Å². The third-order valence-corrected chi connectivity index (χ3v) is 4.63. The number of nitro benzene ring substituents is 1. The Kier molecular flexibility index (Phi) is 5.24. The van der Waals surface area contributed by atoms with Gasteiger partial charge in [0.05, 0.1) is 16.2 Å². The van der Waals surface area contributed by atoms with Crippen molar-refractivity contribution in [2.24, 2.45) is 0 Å². The summed E-state index contributed by atoms with van der Waals surface area (Å²) in [6.45, 7) is -0.0903. The van der Waals surface area contributed by atoms with Gasteiger partial charge in [0.2, 0.25) is 0 Å². The maximum atomic E-state index is 13.0. The van der Waals surface area contributed by atoms with Crippen LogP contribution >= 0.6 is 22.9 Å². The molecule has 0 atom stereocenters. The van der Waals surface area contributed by atoms with E-state index in [1.807, 2.05) is 0 Å². The van der Waals surface area contributed by atoms with Crippen molar-refractivity contribution >= 4 is 34.6 Å². The molecule has 0 saturated heterocycles. The zero-order valence-electron chi connectivity index (χ0n) is 13.0. The normalized spacial score (nSPS) is 10.5. The Morgan fingerprint density at radius 1 is 1.27 bits per heavy atom. The number of ether oxygens (including phenoxy) is 1. The van der Waals surface area contributed by atoms with Gasteiger partial charge in [0, 0.05) is 17.0 Å². The first-order valence-corrected chi connectivity index (χ1v) is 8.51. The molecule has 0 N–H and O–H groups in total. The van der Waals surface area contributed by atoms with Crippen molar-refractivity contribution in [1.29, 1.82) is 0 Å². The molecule has 6 nitrogen and oxygen atoms in total. The molecule has 0 aliphatic heterocycles. The van der Waals surface area contributed by atoms with Gasteiger partial charge in [-0.25, -0.2) is 14.2 Å². The Morgan fingerprint density at radius 3 is 2.69 bits per heavy atom. The zero-order valence-corrected chi connectivity index (χ0v) is 14.6. The van der Waals surface area contributed by atoms with Gasteiger partial charge in [-0.05, 0) is 36.4 Å². The van der Waals surface area contributed by atoms with Crippen LogP contribution in [0.1, 0.15) is 16.1 Å². The number of nitrogens with zero attached hydrogens (tertiary/aromatic N) is 2. The number of hydrogen-bond acceptors (Lipinski definition) is 6. The molecule has 0 fully saturated rings. The first-order valence-electron chi connectivity index (χ1n) is 7.25. The van der Waals surface area contributed by atoms with Crippen molar-refractivity contribution < 1.29 is 18.8 Å². The van der Waals surface area contributed by atoms with Crippen LogP contribution in [0.2, 0.25) is 5.02 Å². The highest BCUT2D eigenvalue weighted by Crippen LogP contribution is 2.26. The van der Waals surface area contributed by atoms with Crippen molar-refractivity contribution in [1.82, 2.24) is 4.98 Å². The van der Waals surface area contributed by atoms with Crippen LogP contribution in [0.25, 0.3) is 10.6 Å². The Bertz CT molecular complexity index is 975. The summed E-state index contributed by atoms with van der Waals surface area (Å²) >= 11 is 7.05. The topological polar surface area (TPSA) is 82.3 Å². The van der Waals surface area contributed by atoms with E-state index < -0.39 is 10.9 Å². The number of halogens is 2. The quantitative estimate of drug-likeness (QED) is 0.351. The van der Waals surface area contributed by atoms with Gasteiger partial charge in [-0.15, -0.1) is 11.3 Å². The Balaban J connectivity index is 1.68. The third kappa shape index (κ3) is 4.04. The number of esters is 1. The molecule has 0 radical (unpaired) electrons. The van der Waals surface area contributed by atoms with E-state index in [2.05, 4.69) is 4.98 Å². The number of nitro groups is 1. The van der Waals surface area contributed by atoms with Gasteiger partial charge in [-0.3, -0.25) is 10.1 Å². The summed E-state index contributed by atoms with van der Waals surface area (Å²) in [4.78, 5) is 26.6. The summed E-state index contributed by atoms with van der Waals surface area (Å²) in [5, 5.41) is 13.2. The Morgan fingerprint density at radius 2 is 2.00 bits per heavy atom. The van der Waals surface area contributed by atoms with Crippen molar-refractivity contribution in [2.45, 2.75) is 6.61 Å². The molecule has 0 amide bonds. The number of benzene rings is 2. The molecule has 2 aromatic carbocycles. The second-order valence-corrected chi connectivity index (χ2v) is 6.42. The summed E-state index contributed by atoms with van der Waals surface area (Å²) in [6, 6.07) is 9.57. The lowest BCUT2D eigenvalue weighted by Gasteiger charge is -2.03. The monoisotopic (exact) mass is 392 g/mol. The van der Waals surface area contributed by atoms with Gasteiger partial charge in [0.1, 0.15) is 22.5 Å². The maximum absolute atomic E-state index is 13.0. The smallest absolute Gasteiger partial charge is 0.338 e. The van der Waals surface area contributed by atoms with Crippen molar-refractivity contribution in [2.75, 3.05) is 0 Å². The molecule has 1 aromatic heterocycles. The maximum Gasteiger partial charge on any atom is 0.338 e. The summed E-state index contributed by atoms with van der Waals surface area (Å²) in [5.74, 6) is -1.06. The highest BCUT2D eigenvalue weighted by Gasteiger charge is 2.17. The second kappa shape index (κ2) is 7.59. The van der Waals surface area contributed by atoms with Gasteiger partial charge >= 0.3 is 5.97 Å². The number of carbonyl (C=O) groups is 1. The van der Waals surface area contributed by atoms with Crippen LogP contribution in [0.15, 0.2) is 47.8 Å². The minimum absolute atomic E-state index is 0.0232. The third-order valence-electron chi connectivity index (χ3n) is 3.37. The first kappa shape index (κ1) is 18.0. The number of aromatic nitrogens is 1. The van der Waals surface area contributed by atoms with Gasteiger partial charge in [0.25, 0.3) is 5.69 Å². The van der Waals surface area contributed by atoms with E-state index in [0.717, 1.165) is 11.6 Å². The number of carbonyl (C=O) groups excluding carboxylic acids is 1. The Hall–Kier alpha value is -2.84. The van der Waals surface area contributed by atoms with E-state index in [1.165, 1.54) is 35.6 Å². The van der Waals surface area contributed by atoms with E-state index in [1.54, 1.807) is 17.5 Å². The molecule has 0 bridgehead atoms. The van der Waals surface area contributed by atoms with Gasteiger partial charge in [0.15, 0.2) is 0 Å². The van der Waals surface area contributed by atoms with E-state index in [-0.39, 0.29) is 28.7 Å². The van der Waals surface area contributed by atoms with Crippen LogP contribution in [0.5, 0.6) is 0 Å². The molecular formula is C17H10ClFN2O4S. The Labute approximate surface area is 156 Å². The average molecular weight is 393 g/mol. The predicted molar refractivity (Wildman–Crippen MR) is 94.7 cm³/mol. The molecule has 1 heterocycles. The standard InChI is InChI=1S/C17H10ClFN2O4S/c18-14-6-3-11(7-15(14)21(23)24)17(22)25-8-13-9-26-16(20-13)10-1-4-12(19)5-2-10/h1-7,9H,8H2. The van der Waals surface area contributed by atoms with Gasteiger partial charge in [-0.1, -0.05) is 11.6 Å². The van der Waals surface area contributed by atoms with Crippen molar-refractivity contribution in [3.8, 4) is 10.6 Å². The lowest BCUT2D eigenvalue weighted by atomic mass is 10.2. The van der Waals surface area contributed by atoms with Crippen LogP contribution in [-0.4, -0.2) is 15.9 Å². The summed E-state index contributed by atoms with van der Waals surface area (Å²) in [5.41, 5.74) is 0.928. The fraction of sp³-hybridized carbons (Fsp3) is 0.0588. The highest BCUT2D eigenvalue weighted by molar-refractivity contribution is 7.13.